The number of benzene rings is 1. The summed E-state index contributed by atoms with van der Waals surface area (Å²) in [4.78, 5) is 0. The van der Waals surface area contributed by atoms with Crippen molar-refractivity contribution in [2.24, 2.45) is 0 Å². The molecule has 0 spiro atoms. The Hall–Kier alpha value is -0.780. The zero-order valence-electron chi connectivity index (χ0n) is 9.68. The van der Waals surface area contributed by atoms with Gasteiger partial charge < -0.3 is 0 Å². The van der Waals surface area contributed by atoms with Crippen LogP contribution in [-0.2, 0) is 6.42 Å². The fraction of sp³-hybridized carbons (Fsp3) is 0.429. The SMILES string of the molecule is C#CC(C)(C)NC1CCc2c(Br)cccc21. The molecule has 0 aliphatic heterocycles. The minimum absolute atomic E-state index is 0.241. The van der Waals surface area contributed by atoms with E-state index in [9.17, 15) is 0 Å². The monoisotopic (exact) mass is 277 g/mol. The maximum Gasteiger partial charge on any atom is 0.0746 e. The molecular formula is C14H16BrN. The van der Waals surface area contributed by atoms with Gasteiger partial charge in [-0.2, -0.15) is 0 Å². The summed E-state index contributed by atoms with van der Waals surface area (Å²) in [6.45, 7) is 4.09. The topological polar surface area (TPSA) is 12.0 Å². The third kappa shape index (κ3) is 2.16. The van der Waals surface area contributed by atoms with Crippen molar-refractivity contribution >= 4 is 15.9 Å². The van der Waals surface area contributed by atoms with Gasteiger partial charge in [-0.3, -0.25) is 5.32 Å². The van der Waals surface area contributed by atoms with Gasteiger partial charge in [0, 0.05) is 10.5 Å². The fourth-order valence-electron chi connectivity index (χ4n) is 2.24. The molecule has 1 atom stereocenters. The second-order valence-corrected chi connectivity index (χ2v) is 5.67. The lowest BCUT2D eigenvalue weighted by molar-refractivity contribution is 0.410. The van der Waals surface area contributed by atoms with E-state index in [0.29, 0.717) is 6.04 Å². The summed E-state index contributed by atoms with van der Waals surface area (Å²) in [5.74, 6) is 2.79. The van der Waals surface area contributed by atoms with Gasteiger partial charge >= 0.3 is 0 Å². The van der Waals surface area contributed by atoms with Gasteiger partial charge in [0.05, 0.1) is 5.54 Å². The highest BCUT2D eigenvalue weighted by molar-refractivity contribution is 9.10. The molecule has 84 valence electrons. The summed E-state index contributed by atoms with van der Waals surface area (Å²) in [5.41, 5.74) is 2.57. The maximum absolute atomic E-state index is 5.51. The van der Waals surface area contributed by atoms with Crippen LogP contribution in [0.1, 0.15) is 37.4 Å². The zero-order valence-corrected chi connectivity index (χ0v) is 11.3. The van der Waals surface area contributed by atoms with Gasteiger partial charge in [-0.1, -0.05) is 34.0 Å². The molecule has 0 saturated carbocycles. The number of hydrogen-bond acceptors (Lipinski definition) is 1. The van der Waals surface area contributed by atoms with Crippen molar-refractivity contribution in [1.82, 2.24) is 5.32 Å². The van der Waals surface area contributed by atoms with Crippen LogP contribution in [0.2, 0.25) is 0 Å². The van der Waals surface area contributed by atoms with Crippen molar-refractivity contribution < 1.29 is 0 Å². The molecule has 1 aromatic carbocycles. The van der Waals surface area contributed by atoms with Crippen LogP contribution in [0, 0.1) is 12.3 Å². The van der Waals surface area contributed by atoms with E-state index < -0.39 is 0 Å². The van der Waals surface area contributed by atoms with Gasteiger partial charge in [-0.25, -0.2) is 0 Å². The van der Waals surface area contributed by atoms with Crippen molar-refractivity contribution in [2.75, 3.05) is 0 Å². The Labute approximate surface area is 106 Å². The Bertz CT molecular complexity index is 443. The van der Waals surface area contributed by atoms with Crippen LogP contribution in [0.25, 0.3) is 0 Å². The Morgan fingerprint density at radius 3 is 2.94 bits per heavy atom. The van der Waals surface area contributed by atoms with Crippen molar-refractivity contribution in [3.05, 3.63) is 33.8 Å². The standard InChI is InChI=1S/C14H16BrN/c1-4-14(2,3)16-13-9-8-10-11(13)6-5-7-12(10)15/h1,5-7,13,16H,8-9H2,2-3H3. The lowest BCUT2D eigenvalue weighted by Crippen LogP contribution is -2.39. The molecular weight excluding hydrogens is 262 g/mol. The molecule has 0 fully saturated rings. The molecule has 1 nitrogen and oxygen atoms in total. The zero-order chi connectivity index (χ0) is 11.8. The lowest BCUT2D eigenvalue weighted by atomic mass is 10.0. The normalized spacial score (nSPS) is 19.2. The van der Waals surface area contributed by atoms with Gasteiger partial charge in [0.2, 0.25) is 0 Å². The third-order valence-corrected chi connectivity index (χ3v) is 3.85. The molecule has 1 aliphatic carbocycles. The number of halogens is 1. The average Bonchev–Trinajstić information content (AvgIpc) is 2.63. The number of nitrogens with one attached hydrogen (secondary N) is 1. The highest BCUT2D eigenvalue weighted by atomic mass is 79.9. The first-order chi connectivity index (χ1) is 7.53. The summed E-state index contributed by atoms with van der Waals surface area (Å²) >= 11 is 3.60. The largest absolute Gasteiger partial charge is 0.295 e. The fourth-order valence-corrected chi connectivity index (χ4v) is 2.82. The number of fused-ring (bicyclic) bond motifs is 1. The minimum Gasteiger partial charge on any atom is -0.295 e. The van der Waals surface area contributed by atoms with Crippen LogP contribution < -0.4 is 5.32 Å². The Balaban J connectivity index is 2.25. The molecule has 2 rings (SSSR count). The predicted octanol–water partition coefficient (Wildman–Crippen LogP) is 3.44. The van der Waals surface area contributed by atoms with E-state index in [0.717, 1.165) is 12.8 Å². The summed E-state index contributed by atoms with van der Waals surface area (Å²) in [7, 11) is 0. The number of hydrogen-bond donors (Lipinski definition) is 1. The second-order valence-electron chi connectivity index (χ2n) is 4.81. The van der Waals surface area contributed by atoms with Gasteiger partial charge in [0.15, 0.2) is 0 Å². The summed E-state index contributed by atoms with van der Waals surface area (Å²) < 4.78 is 1.22. The summed E-state index contributed by atoms with van der Waals surface area (Å²) in [6, 6.07) is 6.77. The van der Waals surface area contributed by atoms with E-state index in [1.165, 1.54) is 15.6 Å². The van der Waals surface area contributed by atoms with E-state index in [1.807, 2.05) is 13.8 Å². The van der Waals surface area contributed by atoms with E-state index in [4.69, 9.17) is 6.42 Å². The molecule has 0 amide bonds. The quantitative estimate of drug-likeness (QED) is 0.817. The van der Waals surface area contributed by atoms with Crippen molar-refractivity contribution in [3.8, 4) is 12.3 Å². The smallest absolute Gasteiger partial charge is 0.0746 e. The van der Waals surface area contributed by atoms with E-state index >= 15 is 0 Å². The first-order valence-electron chi connectivity index (χ1n) is 5.56. The minimum atomic E-state index is -0.241. The van der Waals surface area contributed by atoms with Gasteiger partial charge in [0.25, 0.3) is 0 Å². The Kier molecular flexibility index (Phi) is 3.10. The van der Waals surface area contributed by atoms with Gasteiger partial charge in [-0.05, 0) is 43.9 Å². The lowest BCUT2D eigenvalue weighted by Gasteiger charge is -2.25. The first-order valence-corrected chi connectivity index (χ1v) is 6.35. The van der Waals surface area contributed by atoms with Crippen molar-refractivity contribution in [3.63, 3.8) is 0 Å². The van der Waals surface area contributed by atoms with Crippen LogP contribution in [0.5, 0.6) is 0 Å². The highest BCUT2D eigenvalue weighted by Gasteiger charge is 2.27. The summed E-state index contributed by atoms with van der Waals surface area (Å²) in [5, 5.41) is 3.53. The molecule has 0 aromatic heterocycles. The number of rotatable bonds is 2. The van der Waals surface area contributed by atoms with Gasteiger partial charge in [-0.15, -0.1) is 6.42 Å². The van der Waals surface area contributed by atoms with Crippen molar-refractivity contribution in [1.29, 1.82) is 0 Å². The van der Waals surface area contributed by atoms with E-state index in [-0.39, 0.29) is 5.54 Å². The van der Waals surface area contributed by atoms with Crippen LogP contribution in [0.3, 0.4) is 0 Å². The maximum atomic E-state index is 5.51. The van der Waals surface area contributed by atoms with Crippen LogP contribution in [0.4, 0.5) is 0 Å². The molecule has 1 aliphatic rings. The van der Waals surface area contributed by atoms with E-state index in [2.05, 4.69) is 45.4 Å². The third-order valence-electron chi connectivity index (χ3n) is 3.11. The molecule has 1 aromatic rings. The molecule has 16 heavy (non-hydrogen) atoms. The van der Waals surface area contributed by atoms with Crippen LogP contribution in [0.15, 0.2) is 22.7 Å². The number of terminal acetylenes is 1. The Morgan fingerprint density at radius 2 is 2.25 bits per heavy atom. The molecule has 0 saturated heterocycles. The van der Waals surface area contributed by atoms with Crippen LogP contribution >= 0.6 is 15.9 Å². The molecule has 0 heterocycles. The summed E-state index contributed by atoms with van der Waals surface area (Å²) in [6.07, 6.45) is 7.76. The molecule has 0 radical (unpaired) electrons. The molecule has 1 N–H and O–H groups in total. The average molecular weight is 278 g/mol. The Morgan fingerprint density at radius 1 is 1.50 bits per heavy atom. The van der Waals surface area contributed by atoms with Crippen LogP contribution in [-0.4, -0.2) is 5.54 Å². The van der Waals surface area contributed by atoms with Gasteiger partial charge in [0.1, 0.15) is 0 Å². The molecule has 1 unspecified atom stereocenters. The molecule has 2 heteroatoms. The van der Waals surface area contributed by atoms with E-state index in [1.54, 1.807) is 0 Å². The molecule has 0 bridgehead atoms. The first kappa shape index (κ1) is 11.7. The predicted molar refractivity (Wildman–Crippen MR) is 71.3 cm³/mol. The van der Waals surface area contributed by atoms with Crippen molar-refractivity contribution in [2.45, 2.75) is 38.3 Å². The highest BCUT2D eigenvalue weighted by Crippen LogP contribution is 2.36. The second kappa shape index (κ2) is 4.24.